The fourth-order valence-corrected chi connectivity index (χ4v) is 4.77. The van der Waals surface area contributed by atoms with Crippen LogP contribution in [0.5, 0.6) is 5.75 Å². The third-order valence-corrected chi connectivity index (χ3v) is 6.69. The molecule has 1 atom stereocenters. The topological polar surface area (TPSA) is 112 Å². The number of rotatable bonds is 12. The van der Waals surface area contributed by atoms with Crippen LogP contribution in [0.1, 0.15) is 24.8 Å². The van der Waals surface area contributed by atoms with Crippen LogP contribution in [0.15, 0.2) is 53.7 Å². The van der Waals surface area contributed by atoms with E-state index in [-0.39, 0.29) is 42.7 Å². The second-order valence-electron chi connectivity index (χ2n) is 7.38. The second-order valence-corrected chi connectivity index (χ2v) is 9.27. The molecule has 0 saturated carbocycles. The first-order chi connectivity index (χ1) is 14.8. The average molecular weight is 523 g/mol. The van der Waals surface area contributed by atoms with Crippen molar-refractivity contribution >= 4 is 40.7 Å². The average Bonchev–Trinajstić information content (AvgIpc) is 2.78. The Kier molecular flexibility index (Phi) is 14.2. The largest absolute Gasteiger partial charge is 0.497 e. The molecule has 0 radical (unpaired) electrons. The molecule has 1 aromatic heterocycles. The summed E-state index contributed by atoms with van der Waals surface area (Å²) in [6, 6.07) is 8.32. The van der Waals surface area contributed by atoms with Crippen LogP contribution in [-0.2, 0) is 21.4 Å². The number of carbonyl (C=O) groups excluding carboxylic acids is 1. The molecule has 1 aromatic carbocycles. The summed E-state index contributed by atoms with van der Waals surface area (Å²) in [6.07, 6.45) is 4.79. The van der Waals surface area contributed by atoms with Crippen molar-refractivity contribution in [3.8, 4) is 5.75 Å². The van der Waals surface area contributed by atoms with Crippen molar-refractivity contribution in [2.24, 2.45) is 0 Å². The number of benzene rings is 1. The Morgan fingerprint density at radius 1 is 1.15 bits per heavy atom. The molecule has 2 aromatic rings. The maximum absolute atomic E-state index is 13.5. The number of sulfonamides is 1. The summed E-state index contributed by atoms with van der Waals surface area (Å²) < 4.78 is 33.3. The van der Waals surface area contributed by atoms with Crippen LogP contribution in [0, 0.1) is 0 Å². The molecule has 1 amide bonds. The van der Waals surface area contributed by atoms with Gasteiger partial charge in [0, 0.05) is 18.9 Å². The number of pyridine rings is 1. The number of nitrogens with one attached hydrogen (secondary N) is 1. The van der Waals surface area contributed by atoms with E-state index in [1.165, 1.54) is 19.2 Å². The molecule has 0 aliphatic heterocycles. The first kappa shape index (κ1) is 31.0. The minimum Gasteiger partial charge on any atom is -0.497 e. The second kappa shape index (κ2) is 15.0. The van der Waals surface area contributed by atoms with Gasteiger partial charge in [-0.1, -0.05) is 12.5 Å². The van der Waals surface area contributed by atoms with Gasteiger partial charge in [0.1, 0.15) is 11.8 Å². The molecular weight excluding hydrogens is 491 g/mol. The third kappa shape index (κ3) is 9.07. The number of hydrogen-bond acceptors (Lipinski definition) is 7. The summed E-state index contributed by atoms with van der Waals surface area (Å²) in [5.74, 6) is -0.253. The zero-order valence-corrected chi connectivity index (χ0v) is 21.3. The van der Waals surface area contributed by atoms with Crippen LogP contribution in [0.3, 0.4) is 0 Å². The van der Waals surface area contributed by atoms with Crippen molar-refractivity contribution in [1.82, 2.24) is 19.7 Å². The number of amides is 1. The van der Waals surface area contributed by atoms with Crippen molar-refractivity contribution in [2.75, 3.05) is 27.7 Å². The number of ether oxygens (including phenoxy) is 1. The highest BCUT2D eigenvalue weighted by Gasteiger charge is 2.35. The molecule has 1 unspecified atom stereocenters. The van der Waals surface area contributed by atoms with Crippen molar-refractivity contribution in [2.45, 2.75) is 36.7 Å². The van der Waals surface area contributed by atoms with E-state index in [0.717, 1.165) is 17.3 Å². The van der Waals surface area contributed by atoms with E-state index in [0.29, 0.717) is 17.7 Å². The van der Waals surface area contributed by atoms with Crippen LogP contribution < -0.4 is 10.2 Å². The minimum absolute atomic E-state index is 0. The van der Waals surface area contributed by atoms with Gasteiger partial charge in [-0.15, -0.1) is 24.8 Å². The number of halogens is 2. The number of nitrogens with zero attached hydrogens (tertiary/aromatic N) is 3. The Bertz CT molecular complexity index is 931. The lowest BCUT2D eigenvalue weighted by Crippen LogP contribution is -2.48. The fourth-order valence-electron chi connectivity index (χ4n) is 3.16. The van der Waals surface area contributed by atoms with Crippen LogP contribution >= 0.6 is 24.8 Å². The normalized spacial score (nSPS) is 11.9. The minimum atomic E-state index is -4.06. The Morgan fingerprint density at radius 2 is 1.82 bits per heavy atom. The number of methoxy groups -OCH3 is 1. The van der Waals surface area contributed by atoms with E-state index in [9.17, 15) is 18.4 Å². The molecule has 0 saturated heterocycles. The molecule has 0 spiro atoms. The molecular formula is C21H32Cl2N4O5S. The van der Waals surface area contributed by atoms with Gasteiger partial charge < -0.3 is 9.64 Å². The van der Waals surface area contributed by atoms with E-state index in [1.54, 1.807) is 42.1 Å². The van der Waals surface area contributed by atoms with Gasteiger partial charge in [0.05, 0.1) is 12.0 Å². The summed E-state index contributed by atoms with van der Waals surface area (Å²) in [5, 5.41) is 9.31. The molecule has 9 nitrogen and oxygen atoms in total. The fraction of sp³-hybridized carbons (Fsp3) is 0.429. The van der Waals surface area contributed by atoms with Gasteiger partial charge >= 0.3 is 0 Å². The molecule has 0 aliphatic rings. The maximum atomic E-state index is 13.5. The molecule has 0 aliphatic carbocycles. The Labute approximate surface area is 208 Å². The lowest BCUT2D eigenvalue weighted by atomic mass is 10.1. The number of carbonyl (C=O) groups is 1. The van der Waals surface area contributed by atoms with Gasteiger partial charge in [-0.05, 0) is 69.4 Å². The highest BCUT2D eigenvalue weighted by molar-refractivity contribution is 7.89. The van der Waals surface area contributed by atoms with E-state index in [4.69, 9.17) is 4.74 Å². The number of unbranched alkanes of at least 4 members (excludes halogenated alkanes) is 1. The first-order valence-corrected chi connectivity index (χ1v) is 11.4. The monoisotopic (exact) mass is 522 g/mol. The van der Waals surface area contributed by atoms with E-state index < -0.39 is 22.0 Å². The Morgan fingerprint density at radius 3 is 2.33 bits per heavy atom. The molecule has 2 rings (SSSR count). The molecule has 0 bridgehead atoms. The predicted octanol–water partition coefficient (Wildman–Crippen LogP) is 2.73. The van der Waals surface area contributed by atoms with E-state index >= 15 is 0 Å². The van der Waals surface area contributed by atoms with Gasteiger partial charge in [0.2, 0.25) is 10.0 Å². The summed E-state index contributed by atoms with van der Waals surface area (Å²) in [5.41, 5.74) is 2.26. The van der Waals surface area contributed by atoms with Crippen molar-refractivity contribution in [1.29, 1.82) is 0 Å². The van der Waals surface area contributed by atoms with Crippen molar-refractivity contribution < 1.29 is 23.2 Å². The molecule has 186 valence electrons. The standard InChI is InChI=1S/C21H30N4O5S.2ClH/c1-24(2)14-5-4-8-20(21(26)23-27)25(16-17-7-6-13-22-15-17)31(28,29)19-11-9-18(30-3)10-12-19;;/h6-7,9-13,15,20,27H,4-5,8,14,16H2,1-3H3,(H,23,26);2*1H. The van der Waals surface area contributed by atoms with E-state index in [1.807, 2.05) is 19.0 Å². The molecule has 2 N–H and O–H groups in total. The number of aromatic nitrogens is 1. The van der Waals surface area contributed by atoms with Crippen LogP contribution in [0.4, 0.5) is 0 Å². The lowest BCUT2D eigenvalue weighted by Gasteiger charge is -2.29. The third-order valence-electron chi connectivity index (χ3n) is 4.82. The summed E-state index contributed by atoms with van der Waals surface area (Å²) >= 11 is 0. The zero-order chi connectivity index (χ0) is 22.9. The summed E-state index contributed by atoms with van der Waals surface area (Å²) in [6.45, 7) is 0.745. The number of hydrogen-bond donors (Lipinski definition) is 2. The molecule has 33 heavy (non-hydrogen) atoms. The molecule has 0 fully saturated rings. The summed E-state index contributed by atoms with van der Waals surface area (Å²) in [7, 11) is 1.32. The van der Waals surface area contributed by atoms with Crippen LogP contribution in [0.2, 0.25) is 0 Å². The van der Waals surface area contributed by atoms with Gasteiger partial charge in [-0.25, -0.2) is 13.9 Å². The molecule has 12 heteroatoms. The quantitative estimate of drug-likeness (QED) is 0.250. The first-order valence-electron chi connectivity index (χ1n) is 9.93. The SMILES string of the molecule is COc1ccc(S(=O)(=O)N(Cc2cccnc2)C(CCCCN(C)C)C(=O)NO)cc1.Cl.Cl. The van der Waals surface area contributed by atoms with Crippen LogP contribution in [0.25, 0.3) is 0 Å². The highest BCUT2D eigenvalue weighted by atomic mass is 35.5. The van der Waals surface area contributed by atoms with E-state index in [2.05, 4.69) is 4.98 Å². The molecule has 1 heterocycles. The zero-order valence-electron chi connectivity index (χ0n) is 18.9. The maximum Gasteiger partial charge on any atom is 0.261 e. The van der Waals surface area contributed by atoms with Gasteiger partial charge in [0.25, 0.3) is 5.91 Å². The van der Waals surface area contributed by atoms with Gasteiger partial charge in [-0.3, -0.25) is 15.0 Å². The Balaban J connectivity index is 0.00000512. The van der Waals surface area contributed by atoms with Gasteiger partial charge in [-0.2, -0.15) is 4.31 Å². The van der Waals surface area contributed by atoms with Gasteiger partial charge in [0.15, 0.2) is 0 Å². The van der Waals surface area contributed by atoms with Crippen LogP contribution in [-0.4, -0.2) is 67.5 Å². The van der Waals surface area contributed by atoms with Crippen molar-refractivity contribution in [3.05, 3.63) is 54.4 Å². The highest BCUT2D eigenvalue weighted by Crippen LogP contribution is 2.25. The smallest absolute Gasteiger partial charge is 0.261 e. The lowest BCUT2D eigenvalue weighted by molar-refractivity contribution is -0.133. The van der Waals surface area contributed by atoms with Crippen molar-refractivity contribution in [3.63, 3.8) is 0 Å². The Hall–Kier alpha value is -1.95. The number of hydroxylamine groups is 1. The summed E-state index contributed by atoms with van der Waals surface area (Å²) in [4.78, 5) is 18.6. The predicted molar refractivity (Wildman–Crippen MR) is 131 cm³/mol.